The highest BCUT2D eigenvalue weighted by Crippen LogP contribution is 2.06. The summed E-state index contributed by atoms with van der Waals surface area (Å²) in [6.07, 6.45) is 2.24. The Morgan fingerprint density at radius 2 is 2.15 bits per heavy atom. The molecule has 1 aromatic heterocycles. The van der Waals surface area contributed by atoms with Crippen molar-refractivity contribution in [3.63, 3.8) is 0 Å². The summed E-state index contributed by atoms with van der Waals surface area (Å²) in [4.78, 5) is 16.7. The highest BCUT2D eigenvalue weighted by molar-refractivity contribution is 5.60. The predicted molar refractivity (Wildman–Crippen MR) is 45.0 cm³/mol. The summed E-state index contributed by atoms with van der Waals surface area (Å²) in [6.45, 7) is 5.28. The molecule has 1 rings (SSSR count). The number of ether oxygens (including phenoxy) is 1. The summed E-state index contributed by atoms with van der Waals surface area (Å²) in [6, 6.07) is 1.64. The van der Waals surface area contributed by atoms with Gasteiger partial charge in [0.2, 0.25) is 0 Å². The van der Waals surface area contributed by atoms with E-state index in [9.17, 15) is 4.79 Å². The molecule has 0 N–H and O–H groups in total. The maximum Gasteiger partial charge on any atom is 0.535 e. The van der Waals surface area contributed by atoms with E-state index in [4.69, 9.17) is 4.74 Å². The summed E-state index contributed by atoms with van der Waals surface area (Å²) in [5.74, 6) is 0. The first-order chi connectivity index (χ1) is 5.97. The summed E-state index contributed by atoms with van der Waals surface area (Å²) < 4.78 is 4.89. The van der Waals surface area contributed by atoms with Crippen molar-refractivity contribution in [2.75, 3.05) is 0 Å². The van der Waals surface area contributed by atoms with Crippen molar-refractivity contribution >= 4 is 6.16 Å². The standard InChI is InChI=1S/C8H12N2O3/c1-8(2,3)12-7(11)13-10-6-4-5-9-10/h4-6H,1-3H3. The first kappa shape index (κ1) is 9.57. The summed E-state index contributed by atoms with van der Waals surface area (Å²) in [7, 11) is 0. The largest absolute Gasteiger partial charge is 0.535 e. The second-order valence-corrected chi connectivity index (χ2v) is 3.46. The fraction of sp³-hybridized carbons (Fsp3) is 0.500. The second-order valence-electron chi connectivity index (χ2n) is 3.46. The third-order valence-electron chi connectivity index (χ3n) is 1.04. The van der Waals surface area contributed by atoms with Crippen molar-refractivity contribution in [3.8, 4) is 0 Å². The minimum Gasteiger partial charge on any atom is -0.427 e. The third-order valence-corrected chi connectivity index (χ3v) is 1.04. The van der Waals surface area contributed by atoms with Crippen LogP contribution < -0.4 is 4.84 Å². The molecule has 0 aliphatic heterocycles. The Morgan fingerprint density at radius 1 is 1.46 bits per heavy atom. The van der Waals surface area contributed by atoms with E-state index < -0.39 is 11.8 Å². The summed E-state index contributed by atoms with van der Waals surface area (Å²) in [5, 5.41) is 3.68. The van der Waals surface area contributed by atoms with Crippen LogP contribution in [0, 0.1) is 0 Å². The van der Waals surface area contributed by atoms with Gasteiger partial charge in [0.25, 0.3) is 0 Å². The van der Waals surface area contributed by atoms with Crippen LogP contribution in [0.25, 0.3) is 0 Å². The van der Waals surface area contributed by atoms with Gasteiger partial charge in [-0.25, -0.2) is 4.79 Å². The number of rotatable bonds is 1. The van der Waals surface area contributed by atoms with Crippen LogP contribution in [0.3, 0.4) is 0 Å². The number of nitrogens with zero attached hydrogens (tertiary/aromatic N) is 2. The molecule has 0 radical (unpaired) electrons. The topological polar surface area (TPSA) is 53.4 Å². The molecule has 5 heteroatoms. The van der Waals surface area contributed by atoms with Crippen LogP contribution >= 0.6 is 0 Å². The second kappa shape index (κ2) is 3.47. The van der Waals surface area contributed by atoms with Crippen molar-refractivity contribution in [2.45, 2.75) is 26.4 Å². The van der Waals surface area contributed by atoms with E-state index in [1.165, 1.54) is 12.4 Å². The molecule has 0 bridgehead atoms. The van der Waals surface area contributed by atoms with Crippen LogP contribution in [0.2, 0.25) is 0 Å². The van der Waals surface area contributed by atoms with Gasteiger partial charge in [-0.05, 0) is 26.8 Å². The minimum absolute atomic E-state index is 0.551. The first-order valence-electron chi connectivity index (χ1n) is 3.88. The van der Waals surface area contributed by atoms with Crippen LogP contribution in [-0.2, 0) is 4.74 Å². The van der Waals surface area contributed by atoms with Gasteiger partial charge in [-0.3, -0.25) is 4.84 Å². The molecule has 0 saturated carbocycles. The molecule has 0 amide bonds. The molecule has 1 heterocycles. The van der Waals surface area contributed by atoms with Gasteiger partial charge < -0.3 is 4.74 Å². The van der Waals surface area contributed by atoms with Crippen LogP contribution in [0.1, 0.15) is 20.8 Å². The quantitative estimate of drug-likeness (QED) is 0.616. The van der Waals surface area contributed by atoms with Gasteiger partial charge in [-0.1, -0.05) is 4.85 Å². The molecule has 72 valence electrons. The normalized spacial score (nSPS) is 11.0. The Morgan fingerprint density at radius 3 is 2.62 bits per heavy atom. The molecule has 5 nitrogen and oxygen atoms in total. The van der Waals surface area contributed by atoms with Gasteiger partial charge in [0.05, 0.1) is 12.4 Å². The van der Waals surface area contributed by atoms with Crippen LogP contribution in [0.4, 0.5) is 4.79 Å². The average molecular weight is 184 g/mol. The molecule has 0 saturated heterocycles. The van der Waals surface area contributed by atoms with E-state index in [-0.39, 0.29) is 0 Å². The molecular formula is C8H12N2O3. The smallest absolute Gasteiger partial charge is 0.427 e. The molecule has 0 aliphatic rings. The van der Waals surface area contributed by atoms with Crippen molar-refractivity contribution < 1.29 is 14.4 Å². The highest BCUT2D eigenvalue weighted by Gasteiger charge is 2.18. The predicted octanol–water partition coefficient (Wildman–Crippen LogP) is 1.25. The van der Waals surface area contributed by atoms with E-state index in [1.54, 1.807) is 26.8 Å². The Bertz CT molecular complexity index is 274. The summed E-state index contributed by atoms with van der Waals surface area (Å²) >= 11 is 0. The van der Waals surface area contributed by atoms with E-state index in [1.807, 2.05) is 0 Å². The molecule has 0 aliphatic carbocycles. The molecule has 0 spiro atoms. The third kappa shape index (κ3) is 3.59. The lowest BCUT2D eigenvalue weighted by Crippen LogP contribution is -2.30. The number of hydrogen-bond acceptors (Lipinski definition) is 4. The van der Waals surface area contributed by atoms with Crippen LogP contribution in [0.15, 0.2) is 18.5 Å². The summed E-state index contributed by atoms with van der Waals surface area (Å²) in [5.41, 5.74) is -0.551. The molecule has 0 fully saturated rings. The molecular weight excluding hydrogens is 172 g/mol. The van der Waals surface area contributed by atoms with Crippen molar-refractivity contribution in [3.05, 3.63) is 18.5 Å². The Labute approximate surface area is 76.2 Å². The lowest BCUT2D eigenvalue weighted by atomic mass is 10.2. The van der Waals surface area contributed by atoms with Crippen LogP contribution in [-0.4, -0.2) is 21.7 Å². The zero-order valence-electron chi connectivity index (χ0n) is 7.85. The molecule has 0 atom stereocenters. The molecule has 0 aromatic carbocycles. The number of carbonyl (C=O) groups excluding carboxylic acids is 1. The van der Waals surface area contributed by atoms with Crippen molar-refractivity contribution in [1.82, 2.24) is 9.94 Å². The zero-order valence-corrected chi connectivity index (χ0v) is 7.85. The highest BCUT2D eigenvalue weighted by atomic mass is 16.8. The fourth-order valence-corrected chi connectivity index (χ4v) is 0.654. The number of aromatic nitrogens is 2. The van der Waals surface area contributed by atoms with Gasteiger partial charge in [0, 0.05) is 0 Å². The minimum atomic E-state index is -0.767. The first-order valence-corrected chi connectivity index (χ1v) is 3.88. The average Bonchev–Trinajstić information content (AvgIpc) is 2.34. The lowest BCUT2D eigenvalue weighted by molar-refractivity contribution is -0.0171. The molecule has 0 unspecified atom stereocenters. The molecule has 1 aromatic rings. The van der Waals surface area contributed by atoms with E-state index in [0.29, 0.717) is 0 Å². The zero-order chi connectivity index (χ0) is 9.90. The Kier molecular flexibility index (Phi) is 2.55. The fourth-order valence-electron chi connectivity index (χ4n) is 0.654. The Hall–Kier alpha value is -1.52. The molecule has 13 heavy (non-hydrogen) atoms. The maximum atomic E-state index is 11.0. The van der Waals surface area contributed by atoms with E-state index in [0.717, 1.165) is 4.85 Å². The maximum absolute atomic E-state index is 11.0. The van der Waals surface area contributed by atoms with Crippen molar-refractivity contribution in [2.24, 2.45) is 0 Å². The number of hydrogen-bond donors (Lipinski definition) is 0. The SMILES string of the molecule is CC(C)(C)OC(=O)On1cccn1. The van der Waals surface area contributed by atoms with Crippen molar-refractivity contribution in [1.29, 1.82) is 0 Å². The van der Waals surface area contributed by atoms with E-state index >= 15 is 0 Å². The van der Waals surface area contributed by atoms with Gasteiger partial charge >= 0.3 is 6.16 Å². The monoisotopic (exact) mass is 184 g/mol. The van der Waals surface area contributed by atoms with Gasteiger partial charge in [-0.15, -0.1) is 5.10 Å². The van der Waals surface area contributed by atoms with Gasteiger partial charge in [0.1, 0.15) is 5.60 Å². The number of carbonyl (C=O) groups is 1. The van der Waals surface area contributed by atoms with Gasteiger partial charge in [-0.2, -0.15) is 0 Å². The van der Waals surface area contributed by atoms with Gasteiger partial charge in [0.15, 0.2) is 0 Å². The Balaban J connectivity index is 2.43. The van der Waals surface area contributed by atoms with Crippen LogP contribution in [0.5, 0.6) is 0 Å². The lowest BCUT2D eigenvalue weighted by Gasteiger charge is -2.17. The van der Waals surface area contributed by atoms with E-state index in [2.05, 4.69) is 9.94 Å².